The van der Waals surface area contributed by atoms with Gasteiger partial charge in [0, 0.05) is 0 Å². The molecule has 0 aromatic heterocycles. The van der Waals surface area contributed by atoms with E-state index in [1.807, 2.05) is 0 Å². The maximum absolute atomic E-state index is 3.30. The highest BCUT2D eigenvalue weighted by atomic mass is 14.8. The van der Waals surface area contributed by atoms with Gasteiger partial charge >= 0.3 is 0 Å². The molecule has 0 aliphatic rings. The molecule has 1 nitrogen and oxygen atoms in total. The van der Waals surface area contributed by atoms with Crippen LogP contribution in [0.15, 0.2) is 0 Å². The molecule has 0 saturated heterocycles. The van der Waals surface area contributed by atoms with Crippen LogP contribution in [0.25, 0.3) is 0 Å². The van der Waals surface area contributed by atoms with Crippen molar-refractivity contribution in [1.82, 2.24) is 5.32 Å². The number of nitrogens with one attached hydrogen (secondary N) is 1. The Balaban J connectivity index is 2.86. The Bertz CT molecular complexity index is 43.7. The van der Waals surface area contributed by atoms with Crippen molar-refractivity contribution in [3.05, 3.63) is 0 Å². The summed E-state index contributed by atoms with van der Waals surface area (Å²) >= 11 is 0. The molecule has 0 fully saturated rings. The fourth-order valence-electron chi connectivity index (χ4n) is 0.535. The molecule has 0 amide bonds. The third-order valence-electron chi connectivity index (χ3n) is 1.44. The Morgan fingerprint density at radius 3 is 2.38 bits per heavy atom. The Morgan fingerprint density at radius 1 is 1.38 bits per heavy atom. The molecule has 0 saturated carbocycles. The second kappa shape index (κ2) is 5.10. The average molecular weight is 115 g/mol. The molecule has 1 atom stereocenters. The average Bonchev–Trinajstić information content (AvgIpc) is 1.83. The van der Waals surface area contributed by atoms with Crippen LogP contribution in [0.2, 0.25) is 0 Å². The van der Waals surface area contributed by atoms with Crippen molar-refractivity contribution in [3.8, 4) is 0 Å². The Hall–Kier alpha value is -0.0400. The predicted octanol–water partition coefficient (Wildman–Crippen LogP) is 1.64. The zero-order valence-corrected chi connectivity index (χ0v) is 6.20. The van der Waals surface area contributed by atoms with E-state index in [9.17, 15) is 0 Å². The van der Waals surface area contributed by atoms with Gasteiger partial charge in [0.2, 0.25) is 0 Å². The summed E-state index contributed by atoms with van der Waals surface area (Å²) in [6.07, 6.45) is 1.28. The summed E-state index contributed by atoms with van der Waals surface area (Å²) in [4.78, 5) is 0. The minimum atomic E-state index is 0.843. The second-order valence-corrected chi connectivity index (χ2v) is 2.32. The fraction of sp³-hybridized carbons (Fsp3) is 1.00. The van der Waals surface area contributed by atoms with Gasteiger partial charge in [-0.2, -0.15) is 0 Å². The Kier molecular flexibility index (Phi) is 5.08. The lowest BCUT2D eigenvalue weighted by Crippen LogP contribution is -2.19. The molecular formula is C7H17N. The first-order chi connectivity index (χ1) is 3.81. The molecule has 1 unspecified atom stereocenters. The van der Waals surface area contributed by atoms with Crippen LogP contribution in [0.1, 0.15) is 27.2 Å². The predicted molar refractivity (Wildman–Crippen MR) is 38.0 cm³/mol. The van der Waals surface area contributed by atoms with Crippen LogP contribution in [0.5, 0.6) is 0 Å². The van der Waals surface area contributed by atoms with E-state index < -0.39 is 0 Å². The van der Waals surface area contributed by atoms with E-state index in [0.29, 0.717) is 0 Å². The lowest BCUT2D eigenvalue weighted by Gasteiger charge is -2.06. The maximum Gasteiger partial charge on any atom is -0.00234 e. The molecule has 1 heteroatoms. The van der Waals surface area contributed by atoms with Crippen LogP contribution < -0.4 is 5.32 Å². The normalized spacial score (nSPS) is 13.9. The summed E-state index contributed by atoms with van der Waals surface area (Å²) in [5, 5.41) is 3.30. The third kappa shape index (κ3) is 4.13. The maximum atomic E-state index is 3.30. The van der Waals surface area contributed by atoms with E-state index >= 15 is 0 Å². The highest BCUT2D eigenvalue weighted by molar-refractivity contribution is 4.51. The number of rotatable bonds is 4. The standard InChI is InChI=1S/C7H17N/c1-4-7(3)6-8-5-2/h7-8H,4-6H2,1-3H3. The van der Waals surface area contributed by atoms with Gasteiger partial charge in [-0.15, -0.1) is 0 Å². The van der Waals surface area contributed by atoms with Gasteiger partial charge < -0.3 is 5.32 Å². The first-order valence-electron chi connectivity index (χ1n) is 3.52. The van der Waals surface area contributed by atoms with Crippen molar-refractivity contribution in [2.24, 2.45) is 5.92 Å². The third-order valence-corrected chi connectivity index (χ3v) is 1.44. The summed E-state index contributed by atoms with van der Waals surface area (Å²) in [6.45, 7) is 8.91. The van der Waals surface area contributed by atoms with E-state index in [0.717, 1.165) is 12.5 Å². The SMILES string of the molecule is CCNCC(C)CC. The van der Waals surface area contributed by atoms with Gasteiger partial charge in [-0.25, -0.2) is 0 Å². The van der Waals surface area contributed by atoms with Gasteiger partial charge in [-0.05, 0) is 19.0 Å². The summed E-state index contributed by atoms with van der Waals surface area (Å²) in [6, 6.07) is 0. The molecule has 50 valence electrons. The van der Waals surface area contributed by atoms with Crippen molar-refractivity contribution in [1.29, 1.82) is 0 Å². The monoisotopic (exact) mass is 115 g/mol. The van der Waals surface area contributed by atoms with E-state index in [1.54, 1.807) is 0 Å². The molecule has 0 rings (SSSR count). The van der Waals surface area contributed by atoms with Crippen molar-refractivity contribution in [2.45, 2.75) is 27.2 Å². The summed E-state index contributed by atoms with van der Waals surface area (Å²) in [5.74, 6) is 0.843. The van der Waals surface area contributed by atoms with Crippen LogP contribution in [-0.4, -0.2) is 13.1 Å². The van der Waals surface area contributed by atoms with Crippen LogP contribution >= 0.6 is 0 Å². The Morgan fingerprint density at radius 2 is 2.00 bits per heavy atom. The molecule has 0 heterocycles. The van der Waals surface area contributed by atoms with Gasteiger partial charge in [0.15, 0.2) is 0 Å². The summed E-state index contributed by atoms with van der Waals surface area (Å²) in [7, 11) is 0. The van der Waals surface area contributed by atoms with Crippen molar-refractivity contribution in [2.75, 3.05) is 13.1 Å². The molecule has 0 radical (unpaired) electrons. The van der Waals surface area contributed by atoms with Gasteiger partial charge in [0.25, 0.3) is 0 Å². The molecule has 8 heavy (non-hydrogen) atoms. The quantitative estimate of drug-likeness (QED) is 0.587. The largest absolute Gasteiger partial charge is 0.317 e. The minimum absolute atomic E-state index is 0.843. The summed E-state index contributed by atoms with van der Waals surface area (Å²) < 4.78 is 0. The molecule has 0 aromatic rings. The van der Waals surface area contributed by atoms with Crippen LogP contribution in [0, 0.1) is 5.92 Å². The van der Waals surface area contributed by atoms with Crippen LogP contribution in [-0.2, 0) is 0 Å². The molecule has 0 bridgehead atoms. The molecular weight excluding hydrogens is 98.1 g/mol. The molecule has 0 aliphatic carbocycles. The van der Waals surface area contributed by atoms with Crippen molar-refractivity contribution >= 4 is 0 Å². The second-order valence-electron chi connectivity index (χ2n) is 2.32. The first kappa shape index (κ1) is 7.96. The Labute approximate surface area is 52.5 Å². The summed E-state index contributed by atoms with van der Waals surface area (Å²) in [5.41, 5.74) is 0. The van der Waals surface area contributed by atoms with E-state index in [4.69, 9.17) is 0 Å². The van der Waals surface area contributed by atoms with Crippen LogP contribution in [0.4, 0.5) is 0 Å². The number of hydrogen-bond acceptors (Lipinski definition) is 1. The van der Waals surface area contributed by atoms with Crippen LogP contribution in [0.3, 0.4) is 0 Å². The lowest BCUT2D eigenvalue weighted by molar-refractivity contribution is 0.510. The molecule has 0 aliphatic heterocycles. The molecule has 1 N–H and O–H groups in total. The lowest BCUT2D eigenvalue weighted by atomic mass is 10.1. The van der Waals surface area contributed by atoms with E-state index in [1.165, 1.54) is 13.0 Å². The zero-order valence-electron chi connectivity index (χ0n) is 6.20. The van der Waals surface area contributed by atoms with Gasteiger partial charge in [-0.3, -0.25) is 0 Å². The van der Waals surface area contributed by atoms with E-state index in [2.05, 4.69) is 26.1 Å². The van der Waals surface area contributed by atoms with Crippen molar-refractivity contribution < 1.29 is 0 Å². The van der Waals surface area contributed by atoms with E-state index in [-0.39, 0.29) is 0 Å². The van der Waals surface area contributed by atoms with Gasteiger partial charge in [-0.1, -0.05) is 27.2 Å². The minimum Gasteiger partial charge on any atom is -0.317 e. The zero-order chi connectivity index (χ0) is 6.41. The van der Waals surface area contributed by atoms with Gasteiger partial charge in [0.05, 0.1) is 0 Å². The fourth-order valence-corrected chi connectivity index (χ4v) is 0.535. The first-order valence-corrected chi connectivity index (χ1v) is 3.52. The highest BCUT2D eigenvalue weighted by Gasteiger charge is 1.93. The molecule has 0 aromatic carbocycles. The van der Waals surface area contributed by atoms with Crippen molar-refractivity contribution in [3.63, 3.8) is 0 Å². The van der Waals surface area contributed by atoms with Gasteiger partial charge in [0.1, 0.15) is 0 Å². The topological polar surface area (TPSA) is 12.0 Å². The number of hydrogen-bond donors (Lipinski definition) is 1. The molecule has 0 spiro atoms. The highest BCUT2D eigenvalue weighted by Crippen LogP contribution is 1.95. The smallest absolute Gasteiger partial charge is 0.00234 e.